The summed E-state index contributed by atoms with van der Waals surface area (Å²) in [5.41, 5.74) is -1.76. The Balaban J connectivity index is 1.36. The predicted molar refractivity (Wildman–Crippen MR) is 112 cm³/mol. The molecule has 7 heteroatoms. The van der Waals surface area contributed by atoms with Crippen LogP contribution in [0, 0.1) is 39.9 Å². The smallest absolute Gasteiger partial charge is 0.311 e. The topological polar surface area (TPSA) is 102 Å². The molecule has 0 amide bonds. The molecular weight excluding hydrogens is 412 g/mol. The molecule has 2 N–H and O–H groups in total. The van der Waals surface area contributed by atoms with Crippen LogP contribution in [-0.2, 0) is 23.8 Å². The Labute approximate surface area is 189 Å². The van der Waals surface area contributed by atoms with Crippen LogP contribution in [0.2, 0.25) is 0 Å². The Morgan fingerprint density at radius 2 is 1.81 bits per heavy atom. The van der Waals surface area contributed by atoms with Crippen molar-refractivity contribution in [3.05, 3.63) is 0 Å². The fourth-order valence-corrected chi connectivity index (χ4v) is 9.70. The van der Waals surface area contributed by atoms with Gasteiger partial charge in [0.15, 0.2) is 11.9 Å². The van der Waals surface area contributed by atoms with E-state index in [0.717, 1.165) is 44.9 Å². The summed E-state index contributed by atoms with van der Waals surface area (Å²) < 4.78 is 17.8. The van der Waals surface area contributed by atoms with Crippen molar-refractivity contribution in [1.29, 1.82) is 0 Å². The molecule has 0 radical (unpaired) electrons. The van der Waals surface area contributed by atoms with Crippen molar-refractivity contribution in [3.8, 4) is 0 Å². The zero-order chi connectivity index (χ0) is 22.7. The summed E-state index contributed by atoms with van der Waals surface area (Å²) in [6.07, 6.45) is 5.20. The van der Waals surface area contributed by atoms with Crippen molar-refractivity contribution < 1.29 is 34.0 Å². The zero-order valence-electron chi connectivity index (χ0n) is 19.3. The van der Waals surface area contributed by atoms with Gasteiger partial charge in [-0.05, 0) is 80.5 Å². The Morgan fingerprint density at radius 1 is 1.03 bits per heavy atom. The number of hydrogen-bond donors (Lipinski definition) is 2. The van der Waals surface area contributed by atoms with E-state index in [1.807, 2.05) is 6.92 Å². The quantitative estimate of drug-likeness (QED) is 0.592. The number of fused-ring (bicyclic) bond motifs is 7. The van der Waals surface area contributed by atoms with Gasteiger partial charge in [-0.15, -0.1) is 0 Å². The summed E-state index contributed by atoms with van der Waals surface area (Å²) in [4.78, 5) is 24.3. The van der Waals surface area contributed by atoms with Crippen molar-refractivity contribution in [2.24, 2.45) is 39.9 Å². The molecule has 3 saturated heterocycles. The molecule has 1 spiro atoms. The number of hydrogen-bond acceptors (Lipinski definition) is 6. The molecule has 0 aromatic rings. The number of carbonyl (C=O) groups is 2. The van der Waals surface area contributed by atoms with Crippen molar-refractivity contribution in [3.63, 3.8) is 0 Å². The first kappa shape index (κ1) is 21.4. The molecule has 3 aliphatic carbocycles. The largest absolute Gasteiger partial charge is 0.481 e. The molecule has 3 heterocycles. The molecule has 3 saturated carbocycles. The summed E-state index contributed by atoms with van der Waals surface area (Å²) >= 11 is 0. The molecule has 1 unspecified atom stereocenters. The third-order valence-electron chi connectivity index (χ3n) is 11.2. The number of carboxylic acid groups (broad SMARTS) is 1. The first-order valence-electron chi connectivity index (χ1n) is 12.5. The minimum absolute atomic E-state index is 0.0152. The van der Waals surface area contributed by atoms with Gasteiger partial charge < -0.3 is 24.4 Å². The normalized spacial score (nSPS) is 58.6. The van der Waals surface area contributed by atoms with Gasteiger partial charge in [-0.25, -0.2) is 0 Å². The predicted octanol–water partition coefficient (Wildman–Crippen LogP) is 3.48. The average molecular weight is 449 g/mol. The van der Waals surface area contributed by atoms with Gasteiger partial charge >= 0.3 is 11.9 Å². The summed E-state index contributed by atoms with van der Waals surface area (Å²) in [5.74, 6) is -0.0560. The second-order valence-electron chi connectivity index (χ2n) is 12.4. The highest BCUT2D eigenvalue weighted by Gasteiger charge is 2.70. The fourth-order valence-electron chi connectivity index (χ4n) is 9.70. The van der Waals surface area contributed by atoms with Crippen molar-refractivity contribution in [2.45, 2.75) is 103 Å². The minimum atomic E-state index is -1.07. The molecular formula is C25H36O7. The molecule has 178 valence electrons. The third kappa shape index (κ3) is 2.43. The molecule has 32 heavy (non-hydrogen) atoms. The number of aliphatic carboxylic acids is 1. The van der Waals surface area contributed by atoms with Gasteiger partial charge in [0.2, 0.25) is 6.29 Å². The van der Waals surface area contributed by atoms with Gasteiger partial charge in [0, 0.05) is 5.92 Å². The van der Waals surface area contributed by atoms with Gasteiger partial charge in [0.1, 0.15) is 0 Å². The maximum Gasteiger partial charge on any atom is 0.311 e. The van der Waals surface area contributed by atoms with E-state index < -0.39 is 35.7 Å². The van der Waals surface area contributed by atoms with Crippen LogP contribution in [-0.4, -0.2) is 46.4 Å². The fraction of sp³-hybridized carbons (Fsp3) is 0.920. The summed E-state index contributed by atoms with van der Waals surface area (Å²) in [5, 5.41) is 21.5. The second-order valence-corrected chi connectivity index (χ2v) is 12.4. The molecule has 11 atom stereocenters. The van der Waals surface area contributed by atoms with Crippen LogP contribution in [0.1, 0.15) is 78.6 Å². The lowest BCUT2D eigenvalue weighted by atomic mass is 9.38. The molecule has 0 aromatic heterocycles. The Kier molecular flexibility index (Phi) is 4.33. The van der Waals surface area contributed by atoms with E-state index in [0.29, 0.717) is 12.3 Å². The number of esters is 1. The lowest BCUT2D eigenvalue weighted by Gasteiger charge is -2.66. The van der Waals surface area contributed by atoms with Crippen LogP contribution in [0.25, 0.3) is 0 Å². The number of rotatable bonds is 1. The number of aliphatic hydroxyl groups excluding tert-OH is 1. The van der Waals surface area contributed by atoms with Crippen LogP contribution < -0.4 is 0 Å². The molecule has 7 nitrogen and oxygen atoms in total. The standard InChI is InChI=1S/C25H36O7/c1-22-10-7-16-23(2,8-4-9-24(16,3)20(28)29)15(22)6-5-13-14(22)11-17(26)25-12-18(27)30-21(25)31-19(13)32-25/h13-17,19,21,26H,4-12H2,1-3H3,(H,28,29)/t13-,14+,15-,16?,17+,19-,21+,22-,23+,24-,25-/m0/s1. The number of carbonyl (C=O) groups excluding carboxylic acids is 1. The Bertz CT molecular complexity index is 859. The number of ether oxygens (including phenoxy) is 3. The van der Waals surface area contributed by atoms with Crippen LogP contribution in [0.4, 0.5) is 0 Å². The van der Waals surface area contributed by atoms with E-state index in [1.165, 1.54) is 0 Å². The van der Waals surface area contributed by atoms with Crippen molar-refractivity contribution in [2.75, 3.05) is 0 Å². The van der Waals surface area contributed by atoms with Crippen LogP contribution in [0.15, 0.2) is 0 Å². The lowest BCUT2D eigenvalue weighted by molar-refractivity contribution is -0.224. The highest BCUT2D eigenvalue weighted by Crippen LogP contribution is 2.71. The minimum Gasteiger partial charge on any atom is -0.481 e. The number of aliphatic hydroxyl groups is 1. The highest BCUT2D eigenvalue weighted by molar-refractivity contribution is 5.75. The summed E-state index contributed by atoms with van der Waals surface area (Å²) in [6, 6.07) is 0. The summed E-state index contributed by atoms with van der Waals surface area (Å²) in [6.45, 7) is 6.70. The van der Waals surface area contributed by atoms with Gasteiger partial charge in [-0.3, -0.25) is 9.59 Å². The SMILES string of the molecule is C[C@@]12CCC3[C@](C)(CCC[C@]3(C)C(=O)O)[C@H]1CC[C@@H]1[C@H]3O[C@H]4OC(=O)C[C@]4(O3)[C@H](O)C[C@H]12. The van der Waals surface area contributed by atoms with Gasteiger partial charge in [0.05, 0.1) is 17.9 Å². The summed E-state index contributed by atoms with van der Waals surface area (Å²) in [7, 11) is 0. The molecule has 6 rings (SSSR count). The van der Waals surface area contributed by atoms with E-state index in [9.17, 15) is 19.8 Å². The zero-order valence-corrected chi connectivity index (χ0v) is 19.3. The molecule has 6 fully saturated rings. The molecule has 2 bridgehead atoms. The lowest BCUT2D eigenvalue weighted by Crippen LogP contribution is -2.62. The third-order valence-corrected chi connectivity index (χ3v) is 11.2. The molecule has 6 aliphatic rings. The van der Waals surface area contributed by atoms with Gasteiger partial charge in [0.25, 0.3) is 0 Å². The first-order valence-corrected chi connectivity index (χ1v) is 12.5. The van der Waals surface area contributed by atoms with E-state index in [-0.39, 0.29) is 41.0 Å². The maximum atomic E-state index is 12.3. The van der Waals surface area contributed by atoms with Gasteiger partial charge in [-0.1, -0.05) is 20.3 Å². The molecule has 0 aromatic carbocycles. The maximum absolute atomic E-state index is 12.3. The Morgan fingerprint density at radius 3 is 2.56 bits per heavy atom. The van der Waals surface area contributed by atoms with E-state index in [1.54, 1.807) is 0 Å². The van der Waals surface area contributed by atoms with E-state index >= 15 is 0 Å². The van der Waals surface area contributed by atoms with Crippen LogP contribution in [0.5, 0.6) is 0 Å². The first-order chi connectivity index (χ1) is 15.0. The van der Waals surface area contributed by atoms with Crippen LogP contribution >= 0.6 is 0 Å². The number of carboxylic acids is 1. The van der Waals surface area contributed by atoms with Gasteiger partial charge in [-0.2, -0.15) is 0 Å². The van der Waals surface area contributed by atoms with Crippen molar-refractivity contribution in [1.82, 2.24) is 0 Å². The van der Waals surface area contributed by atoms with E-state index in [2.05, 4.69) is 13.8 Å². The monoisotopic (exact) mass is 448 g/mol. The molecule has 3 aliphatic heterocycles. The van der Waals surface area contributed by atoms with Crippen molar-refractivity contribution >= 4 is 11.9 Å². The van der Waals surface area contributed by atoms with Crippen LogP contribution in [0.3, 0.4) is 0 Å². The second kappa shape index (κ2) is 6.48. The highest BCUT2D eigenvalue weighted by atomic mass is 16.8. The average Bonchev–Trinajstić information content (AvgIpc) is 3.17. The van der Waals surface area contributed by atoms with E-state index in [4.69, 9.17) is 14.2 Å². The Hall–Kier alpha value is -1.18.